The number of aryl methyl sites for hydroxylation is 1. The normalized spacial score (nSPS) is 14.6. The van der Waals surface area contributed by atoms with Gasteiger partial charge in [-0.15, -0.1) is 22.7 Å². The van der Waals surface area contributed by atoms with Gasteiger partial charge in [-0.25, -0.2) is 4.79 Å². The average molecular weight is 534 g/mol. The standard InChI is InChI=1S/C28H27N3O4S2/c1-17(2)34-26(32)28(12-13-28)24-15-23-22(37-24)14-21(36-23)11-10-20-16-29-31(4)25(20)30-27(33)35-18(3)19-8-6-5-7-9-19/h5-9,14-18H,12-13H2,1-4H3,(H,30,33)/t18-/m1/s1. The third-order valence-electron chi connectivity index (χ3n) is 6.19. The lowest BCUT2D eigenvalue weighted by Crippen LogP contribution is -2.25. The first-order valence-corrected chi connectivity index (χ1v) is 13.7. The minimum Gasteiger partial charge on any atom is -0.462 e. The number of hydrogen-bond acceptors (Lipinski definition) is 7. The second-order valence-electron chi connectivity index (χ2n) is 9.35. The molecular formula is C28H27N3O4S2. The molecule has 0 aliphatic heterocycles. The van der Waals surface area contributed by atoms with Crippen molar-refractivity contribution >= 4 is 50.0 Å². The fraction of sp³-hybridized carbons (Fsp3) is 0.321. The lowest BCUT2D eigenvalue weighted by atomic mass is 10.1. The predicted octanol–water partition coefficient (Wildman–Crippen LogP) is 6.39. The zero-order valence-electron chi connectivity index (χ0n) is 21.0. The van der Waals surface area contributed by atoms with Gasteiger partial charge in [0.05, 0.1) is 22.7 Å². The second-order valence-corrected chi connectivity index (χ2v) is 11.5. The number of ether oxygens (including phenoxy) is 2. The van der Waals surface area contributed by atoms with Gasteiger partial charge in [0.2, 0.25) is 0 Å². The SMILES string of the molecule is CC(C)OC(=O)C1(c2cc3sc(C#Cc4cnn(C)c4NC(=O)O[C@H](C)c4ccccc4)cc3s2)CC1. The summed E-state index contributed by atoms with van der Waals surface area (Å²) in [4.78, 5) is 27.1. The van der Waals surface area contributed by atoms with E-state index >= 15 is 0 Å². The Kier molecular flexibility index (Phi) is 6.80. The first-order valence-electron chi connectivity index (χ1n) is 12.1. The van der Waals surface area contributed by atoms with E-state index in [1.807, 2.05) is 57.2 Å². The second kappa shape index (κ2) is 10.0. The molecule has 37 heavy (non-hydrogen) atoms. The van der Waals surface area contributed by atoms with Gasteiger partial charge in [0.25, 0.3) is 0 Å². The van der Waals surface area contributed by atoms with Gasteiger partial charge >= 0.3 is 12.1 Å². The molecule has 3 heterocycles. The summed E-state index contributed by atoms with van der Waals surface area (Å²) >= 11 is 3.22. The monoisotopic (exact) mass is 533 g/mol. The minimum atomic E-state index is -0.572. The molecule has 1 aromatic carbocycles. The number of hydrogen-bond donors (Lipinski definition) is 1. The van der Waals surface area contributed by atoms with E-state index in [9.17, 15) is 9.59 Å². The van der Waals surface area contributed by atoms with Crippen LogP contribution in [0.15, 0.2) is 48.7 Å². The maximum absolute atomic E-state index is 12.6. The highest BCUT2D eigenvalue weighted by Gasteiger charge is 2.54. The van der Waals surface area contributed by atoms with Gasteiger partial charge < -0.3 is 9.47 Å². The first kappa shape index (κ1) is 25.1. The molecule has 1 atom stereocenters. The number of fused-ring (bicyclic) bond motifs is 1. The molecular weight excluding hydrogens is 506 g/mol. The van der Waals surface area contributed by atoms with Gasteiger partial charge in [-0.05, 0) is 51.3 Å². The van der Waals surface area contributed by atoms with Gasteiger partial charge in [-0.2, -0.15) is 5.10 Å². The van der Waals surface area contributed by atoms with Crippen LogP contribution in [0.1, 0.15) is 60.6 Å². The fourth-order valence-corrected chi connectivity index (χ4v) is 6.51. The number of esters is 1. The summed E-state index contributed by atoms with van der Waals surface area (Å²) < 4.78 is 14.8. The highest BCUT2D eigenvalue weighted by molar-refractivity contribution is 7.28. The summed E-state index contributed by atoms with van der Waals surface area (Å²) in [6, 6.07) is 13.7. The molecule has 3 aromatic heterocycles. The van der Waals surface area contributed by atoms with Crippen LogP contribution >= 0.6 is 22.7 Å². The number of amides is 1. The summed E-state index contributed by atoms with van der Waals surface area (Å²) in [5.74, 6) is 6.67. The molecule has 0 saturated heterocycles. The van der Waals surface area contributed by atoms with E-state index in [4.69, 9.17) is 9.47 Å². The van der Waals surface area contributed by atoms with Crippen molar-refractivity contribution in [3.63, 3.8) is 0 Å². The zero-order valence-corrected chi connectivity index (χ0v) is 22.7. The van der Waals surface area contributed by atoms with Crippen molar-refractivity contribution in [3.05, 3.63) is 69.5 Å². The summed E-state index contributed by atoms with van der Waals surface area (Å²) in [5, 5.41) is 7.01. The lowest BCUT2D eigenvalue weighted by Gasteiger charge is -2.14. The molecule has 0 spiro atoms. The molecule has 190 valence electrons. The first-order chi connectivity index (χ1) is 17.7. The van der Waals surface area contributed by atoms with Gasteiger partial charge in [-0.1, -0.05) is 42.2 Å². The maximum atomic E-state index is 12.6. The number of nitrogens with zero attached hydrogens (tertiary/aromatic N) is 2. The Morgan fingerprint density at radius 3 is 2.46 bits per heavy atom. The van der Waals surface area contributed by atoms with E-state index in [1.54, 1.807) is 40.6 Å². The summed E-state index contributed by atoms with van der Waals surface area (Å²) in [6.07, 6.45) is 2.21. The van der Waals surface area contributed by atoms with Crippen molar-refractivity contribution in [1.82, 2.24) is 9.78 Å². The van der Waals surface area contributed by atoms with E-state index in [2.05, 4.69) is 28.3 Å². The molecule has 0 radical (unpaired) electrons. The third-order valence-corrected chi connectivity index (χ3v) is 8.61. The van der Waals surface area contributed by atoms with E-state index in [1.165, 1.54) is 0 Å². The Bertz CT molecular complexity index is 1490. The minimum absolute atomic E-state index is 0.117. The molecule has 0 bridgehead atoms. The van der Waals surface area contributed by atoms with E-state index in [0.717, 1.165) is 37.6 Å². The largest absolute Gasteiger partial charge is 0.462 e. The number of carbonyl (C=O) groups excluding carboxylic acids is 2. The molecule has 4 aromatic rings. The van der Waals surface area contributed by atoms with E-state index in [-0.39, 0.29) is 12.1 Å². The number of benzene rings is 1. The fourth-order valence-electron chi connectivity index (χ4n) is 4.02. The molecule has 1 saturated carbocycles. The van der Waals surface area contributed by atoms with E-state index < -0.39 is 17.6 Å². The number of rotatable bonds is 6. The lowest BCUT2D eigenvalue weighted by molar-refractivity contribution is -0.150. The molecule has 5 rings (SSSR count). The molecule has 7 nitrogen and oxygen atoms in total. The third kappa shape index (κ3) is 5.26. The summed E-state index contributed by atoms with van der Waals surface area (Å²) in [5.41, 5.74) is 1.04. The zero-order chi connectivity index (χ0) is 26.2. The van der Waals surface area contributed by atoms with Crippen LogP contribution in [-0.2, 0) is 26.7 Å². The molecule has 1 amide bonds. The Morgan fingerprint density at radius 2 is 1.78 bits per heavy atom. The van der Waals surface area contributed by atoms with Gasteiger partial charge in [0.1, 0.15) is 17.3 Å². The van der Waals surface area contributed by atoms with Crippen molar-refractivity contribution in [3.8, 4) is 11.8 Å². The number of carbonyl (C=O) groups is 2. The number of thiophene rings is 2. The highest BCUT2D eigenvalue weighted by atomic mass is 32.1. The Morgan fingerprint density at radius 1 is 1.05 bits per heavy atom. The number of aromatic nitrogens is 2. The van der Waals surface area contributed by atoms with Crippen LogP contribution in [0.3, 0.4) is 0 Å². The van der Waals surface area contributed by atoms with Gasteiger partial charge in [0.15, 0.2) is 0 Å². The Balaban J connectivity index is 1.29. The summed E-state index contributed by atoms with van der Waals surface area (Å²) in [6.45, 7) is 5.58. The van der Waals surface area contributed by atoms with Crippen LogP contribution in [0.2, 0.25) is 0 Å². The molecule has 1 fully saturated rings. The van der Waals surface area contributed by atoms with Crippen LogP contribution in [0.4, 0.5) is 10.6 Å². The Hall–Kier alpha value is -3.61. The quantitative estimate of drug-likeness (QED) is 0.229. The molecule has 0 unspecified atom stereocenters. The van der Waals surface area contributed by atoms with E-state index in [0.29, 0.717) is 11.4 Å². The number of anilines is 1. The van der Waals surface area contributed by atoms with Gasteiger partial charge in [-0.3, -0.25) is 14.8 Å². The van der Waals surface area contributed by atoms with Crippen molar-refractivity contribution in [2.45, 2.75) is 51.2 Å². The molecule has 1 N–H and O–H groups in total. The average Bonchev–Trinajstić information content (AvgIpc) is 3.29. The Labute approximate surface area is 223 Å². The van der Waals surface area contributed by atoms with Crippen LogP contribution in [0.25, 0.3) is 9.40 Å². The summed E-state index contributed by atoms with van der Waals surface area (Å²) in [7, 11) is 1.74. The number of nitrogens with one attached hydrogen (secondary N) is 1. The van der Waals surface area contributed by atoms with Crippen LogP contribution < -0.4 is 5.32 Å². The molecule has 1 aliphatic carbocycles. The highest BCUT2D eigenvalue weighted by Crippen LogP contribution is 2.53. The van der Waals surface area contributed by atoms with Gasteiger partial charge in [0, 0.05) is 21.3 Å². The maximum Gasteiger partial charge on any atom is 0.413 e. The molecule has 9 heteroatoms. The predicted molar refractivity (Wildman–Crippen MR) is 146 cm³/mol. The van der Waals surface area contributed by atoms with Crippen molar-refractivity contribution in [1.29, 1.82) is 0 Å². The smallest absolute Gasteiger partial charge is 0.413 e. The topological polar surface area (TPSA) is 82.5 Å². The van der Waals surface area contributed by atoms with Crippen LogP contribution in [0, 0.1) is 11.8 Å². The molecule has 1 aliphatic rings. The van der Waals surface area contributed by atoms with Crippen LogP contribution in [-0.4, -0.2) is 27.9 Å². The van der Waals surface area contributed by atoms with Crippen LogP contribution in [0.5, 0.6) is 0 Å². The van der Waals surface area contributed by atoms with Crippen molar-refractivity contribution in [2.75, 3.05) is 5.32 Å². The van der Waals surface area contributed by atoms with Crippen molar-refractivity contribution < 1.29 is 19.1 Å². The van der Waals surface area contributed by atoms with Crippen molar-refractivity contribution in [2.24, 2.45) is 7.05 Å².